The molecule has 1 aliphatic rings. The predicted molar refractivity (Wildman–Crippen MR) is 96.7 cm³/mol. The van der Waals surface area contributed by atoms with Gasteiger partial charge < -0.3 is 15.4 Å². The Kier molecular flexibility index (Phi) is 4.17. The second-order valence-corrected chi connectivity index (χ2v) is 6.46. The topological polar surface area (TPSA) is 79.0 Å². The standard InChI is InChI=1S/C18H17ClN4O2/c19-14-6-7-15(17-13(14)8-21-23-17)22-16(24)9-25-18(10-20-11-18)12-4-2-1-3-5-12/h1-8,20H,9-11H2,(H,21,23)(H,22,24). The molecule has 4 rings (SSSR count). The molecule has 3 aromatic rings. The monoisotopic (exact) mass is 356 g/mol. The van der Waals surface area contributed by atoms with Gasteiger partial charge in [-0.15, -0.1) is 0 Å². The van der Waals surface area contributed by atoms with Crippen LogP contribution in [0.5, 0.6) is 0 Å². The Morgan fingerprint density at radius 3 is 2.76 bits per heavy atom. The van der Waals surface area contributed by atoms with E-state index in [2.05, 4.69) is 20.8 Å². The molecular formula is C18H17ClN4O2. The number of benzene rings is 2. The number of rotatable bonds is 5. The molecule has 128 valence electrons. The second-order valence-electron chi connectivity index (χ2n) is 6.05. The second kappa shape index (κ2) is 6.48. The SMILES string of the molecule is O=C(COC1(c2ccccc2)CNC1)Nc1ccc(Cl)c2cn[nH]c12. The van der Waals surface area contributed by atoms with Crippen molar-refractivity contribution >= 4 is 34.1 Å². The van der Waals surface area contributed by atoms with Crippen LogP contribution in [0.15, 0.2) is 48.7 Å². The average Bonchev–Trinajstić information content (AvgIpc) is 3.08. The number of anilines is 1. The van der Waals surface area contributed by atoms with Crippen LogP contribution in [0.1, 0.15) is 5.56 Å². The first-order chi connectivity index (χ1) is 12.2. The van der Waals surface area contributed by atoms with E-state index in [0.29, 0.717) is 29.3 Å². The van der Waals surface area contributed by atoms with Crippen LogP contribution >= 0.6 is 11.6 Å². The maximum absolute atomic E-state index is 12.4. The first-order valence-electron chi connectivity index (χ1n) is 8.00. The summed E-state index contributed by atoms with van der Waals surface area (Å²) in [7, 11) is 0. The molecule has 0 saturated carbocycles. The molecule has 2 aromatic carbocycles. The third-order valence-corrected chi connectivity index (χ3v) is 4.77. The lowest BCUT2D eigenvalue weighted by Gasteiger charge is -2.42. The van der Waals surface area contributed by atoms with Gasteiger partial charge in [-0.3, -0.25) is 9.89 Å². The zero-order chi connectivity index (χ0) is 17.3. The van der Waals surface area contributed by atoms with Gasteiger partial charge in [0.15, 0.2) is 0 Å². The zero-order valence-electron chi connectivity index (χ0n) is 13.4. The Bertz CT molecular complexity index is 906. The number of H-pyrrole nitrogens is 1. The maximum Gasteiger partial charge on any atom is 0.250 e. The van der Waals surface area contributed by atoms with Gasteiger partial charge in [-0.2, -0.15) is 5.10 Å². The Morgan fingerprint density at radius 2 is 2.04 bits per heavy atom. The summed E-state index contributed by atoms with van der Waals surface area (Å²) in [6.07, 6.45) is 1.63. The molecule has 25 heavy (non-hydrogen) atoms. The molecule has 0 bridgehead atoms. The van der Waals surface area contributed by atoms with Crippen molar-refractivity contribution in [3.05, 3.63) is 59.2 Å². The summed E-state index contributed by atoms with van der Waals surface area (Å²) in [5.74, 6) is -0.222. The average molecular weight is 357 g/mol. The fourth-order valence-electron chi connectivity index (χ4n) is 2.98. The predicted octanol–water partition coefficient (Wildman–Crippen LogP) is 2.67. The molecule has 0 aliphatic carbocycles. The number of amides is 1. The molecule has 1 aliphatic heterocycles. The molecule has 0 spiro atoms. The molecule has 1 fully saturated rings. The lowest BCUT2D eigenvalue weighted by molar-refractivity contribution is -0.134. The minimum atomic E-state index is -0.443. The molecule has 0 unspecified atom stereocenters. The Balaban J connectivity index is 1.45. The van der Waals surface area contributed by atoms with Gasteiger partial charge in [0.25, 0.3) is 0 Å². The van der Waals surface area contributed by atoms with Crippen molar-refractivity contribution in [2.75, 3.05) is 25.0 Å². The van der Waals surface area contributed by atoms with Crippen LogP contribution in [0, 0.1) is 0 Å². The van der Waals surface area contributed by atoms with E-state index in [9.17, 15) is 4.79 Å². The first kappa shape index (κ1) is 16.1. The summed E-state index contributed by atoms with van der Waals surface area (Å²) >= 11 is 6.12. The number of aromatic nitrogens is 2. The lowest BCUT2D eigenvalue weighted by atomic mass is 9.88. The van der Waals surface area contributed by atoms with E-state index in [1.54, 1.807) is 18.3 Å². The third-order valence-electron chi connectivity index (χ3n) is 4.44. The summed E-state index contributed by atoms with van der Waals surface area (Å²) in [6.45, 7) is 1.35. The van der Waals surface area contributed by atoms with Crippen molar-refractivity contribution in [3.63, 3.8) is 0 Å². The molecule has 7 heteroatoms. The number of aromatic amines is 1. The number of hydrogen-bond donors (Lipinski definition) is 3. The van der Waals surface area contributed by atoms with Crippen LogP contribution in [0.2, 0.25) is 5.02 Å². The maximum atomic E-state index is 12.4. The van der Waals surface area contributed by atoms with Crippen molar-refractivity contribution in [2.45, 2.75) is 5.60 Å². The smallest absolute Gasteiger partial charge is 0.250 e. The molecule has 3 N–H and O–H groups in total. The summed E-state index contributed by atoms with van der Waals surface area (Å²) in [4.78, 5) is 12.4. The van der Waals surface area contributed by atoms with Crippen molar-refractivity contribution in [3.8, 4) is 0 Å². The fraction of sp³-hybridized carbons (Fsp3) is 0.222. The highest BCUT2D eigenvalue weighted by molar-refractivity contribution is 6.35. The van der Waals surface area contributed by atoms with Crippen LogP contribution in [0.4, 0.5) is 5.69 Å². The van der Waals surface area contributed by atoms with Crippen LogP contribution in [-0.4, -0.2) is 35.8 Å². The Hall–Kier alpha value is -2.41. The van der Waals surface area contributed by atoms with Gasteiger partial charge >= 0.3 is 0 Å². The third kappa shape index (κ3) is 3.00. The van der Waals surface area contributed by atoms with Gasteiger partial charge in [-0.05, 0) is 17.7 Å². The van der Waals surface area contributed by atoms with E-state index in [-0.39, 0.29) is 12.5 Å². The van der Waals surface area contributed by atoms with E-state index in [0.717, 1.165) is 10.9 Å². The molecule has 1 aromatic heterocycles. The molecule has 2 heterocycles. The highest BCUT2D eigenvalue weighted by Crippen LogP contribution is 2.30. The van der Waals surface area contributed by atoms with Crippen molar-refractivity contribution in [1.29, 1.82) is 0 Å². The molecule has 1 saturated heterocycles. The van der Waals surface area contributed by atoms with Crippen molar-refractivity contribution in [2.24, 2.45) is 0 Å². The van der Waals surface area contributed by atoms with Crippen LogP contribution in [0.25, 0.3) is 10.9 Å². The van der Waals surface area contributed by atoms with Gasteiger partial charge in [0.1, 0.15) is 12.2 Å². The molecule has 0 atom stereocenters. The number of nitrogens with zero attached hydrogens (tertiary/aromatic N) is 1. The molecule has 0 radical (unpaired) electrons. The van der Waals surface area contributed by atoms with Gasteiger partial charge in [-0.1, -0.05) is 41.9 Å². The minimum absolute atomic E-state index is 0.0329. The van der Waals surface area contributed by atoms with Gasteiger partial charge in [0.2, 0.25) is 5.91 Å². The highest BCUT2D eigenvalue weighted by atomic mass is 35.5. The summed E-state index contributed by atoms with van der Waals surface area (Å²) < 4.78 is 5.98. The number of nitrogens with one attached hydrogen (secondary N) is 3. The molecular weight excluding hydrogens is 340 g/mol. The highest BCUT2D eigenvalue weighted by Gasteiger charge is 2.40. The first-order valence-corrected chi connectivity index (χ1v) is 8.37. The zero-order valence-corrected chi connectivity index (χ0v) is 14.1. The minimum Gasteiger partial charge on any atom is -0.358 e. The van der Waals surface area contributed by atoms with E-state index in [4.69, 9.17) is 16.3 Å². The number of hydrogen-bond acceptors (Lipinski definition) is 4. The van der Waals surface area contributed by atoms with Crippen molar-refractivity contribution in [1.82, 2.24) is 15.5 Å². The molecule has 1 amide bonds. The summed E-state index contributed by atoms with van der Waals surface area (Å²) in [6, 6.07) is 13.4. The van der Waals surface area contributed by atoms with E-state index in [1.807, 2.05) is 30.3 Å². The van der Waals surface area contributed by atoms with Gasteiger partial charge in [0.05, 0.1) is 22.4 Å². The Labute approximate surface area is 149 Å². The van der Waals surface area contributed by atoms with Gasteiger partial charge in [0, 0.05) is 18.5 Å². The fourth-order valence-corrected chi connectivity index (χ4v) is 3.19. The van der Waals surface area contributed by atoms with Crippen LogP contribution in [0.3, 0.4) is 0 Å². The van der Waals surface area contributed by atoms with Crippen LogP contribution < -0.4 is 10.6 Å². The Morgan fingerprint density at radius 1 is 1.24 bits per heavy atom. The number of carbonyl (C=O) groups excluding carboxylic acids is 1. The van der Waals surface area contributed by atoms with Gasteiger partial charge in [-0.25, -0.2) is 0 Å². The number of ether oxygens (including phenoxy) is 1. The number of fused-ring (bicyclic) bond motifs is 1. The lowest BCUT2D eigenvalue weighted by Crippen LogP contribution is -2.59. The number of halogens is 1. The molecule has 6 nitrogen and oxygen atoms in total. The number of carbonyl (C=O) groups is 1. The van der Waals surface area contributed by atoms with Crippen molar-refractivity contribution < 1.29 is 9.53 Å². The normalized spacial score (nSPS) is 15.7. The largest absolute Gasteiger partial charge is 0.358 e. The van der Waals surface area contributed by atoms with Crippen LogP contribution in [-0.2, 0) is 15.1 Å². The van der Waals surface area contributed by atoms with E-state index < -0.39 is 5.60 Å². The van der Waals surface area contributed by atoms with E-state index >= 15 is 0 Å². The quantitative estimate of drug-likeness (QED) is 0.656. The summed E-state index contributed by atoms with van der Waals surface area (Å²) in [5.41, 5.74) is 1.96. The summed E-state index contributed by atoms with van der Waals surface area (Å²) in [5, 5.41) is 14.3. The van der Waals surface area contributed by atoms with E-state index in [1.165, 1.54) is 0 Å².